The number of rotatable bonds is 1. The van der Waals surface area contributed by atoms with Crippen molar-refractivity contribution in [2.24, 2.45) is 0 Å². The predicted molar refractivity (Wildman–Crippen MR) is 137 cm³/mol. The van der Waals surface area contributed by atoms with Gasteiger partial charge in [-0.05, 0) is 63.7 Å². The van der Waals surface area contributed by atoms with Gasteiger partial charge in [0.1, 0.15) is 11.5 Å². The molecule has 1 nitrogen and oxygen atoms in total. The lowest BCUT2D eigenvalue weighted by atomic mass is 9.66. The van der Waals surface area contributed by atoms with E-state index in [1.165, 1.54) is 44.5 Å². The van der Waals surface area contributed by atoms with E-state index >= 15 is 0 Å². The molecule has 2 aliphatic rings. The molecule has 0 amide bonds. The van der Waals surface area contributed by atoms with Crippen molar-refractivity contribution in [1.82, 2.24) is 0 Å². The summed E-state index contributed by atoms with van der Waals surface area (Å²) < 4.78 is 7.49. The molecule has 33 heavy (non-hydrogen) atoms. The summed E-state index contributed by atoms with van der Waals surface area (Å²) in [6.45, 7) is 0. The highest BCUT2D eigenvalue weighted by Crippen LogP contribution is 2.62. The number of hydrogen-bond donors (Lipinski definition) is 0. The van der Waals surface area contributed by atoms with Crippen molar-refractivity contribution in [3.8, 4) is 33.8 Å². The van der Waals surface area contributed by atoms with Gasteiger partial charge >= 0.3 is 0 Å². The molecular weight excluding hydrogens is 468 g/mol. The largest absolute Gasteiger partial charge is 0.457 e. The molecule has 0 N–H and O–H groups in total. The van der Waals surface area contributed by atoms with E-state index in [1.807, 2.05) is 0 Å². The molecule has 156 valence electrons. The number of ether oxygens (including phenoxy) is 1. The van der Waals surface area contributed by atoms with Gasteiger partial charge in [-0.3, -0.25) is 0 Å². The summed E-state index contributed by atoms with van der Waals surface area (Å²) in [6, 6.07) is 41.2. The van der Waals surface area contributed by atoms with Crippen LogP contribution in [-0.2, 0) is 5.41 Å². The zero-order valence-electron chi connectivity index (χ0n) is 17.8. The molecule has 2 heteroatoms. The summed E-state index contributed by atoms with van der Waals surface area (Å²) in [5.74, 6) is 1.82. The molecule has 1 spiro atoms. The van der Waals surface area contributed by atoms with Crippen molar-refractivity contribution in [2.75, 3.05) is 0 Å². The monoisotopic (exact) mass is 486 g/mol. The van der Waals surface area contributed by atoms with Crippen LogP contribution in [0.15, 0.2) is 120 Å². The zero-order chi connectivity index (χ0) is 22.0. The fraction of sp³-hybridized carbons (Fsp3) is 0.0323. The lowest BCUT2D eigenvalue weighted by Crippen LogP contribution is -2.32. The number of fused-ring (bicyclic) bond motifs is 9. The van der Waals surface area contributed by atoms with E-state index in [0.717, 1.165) is 16.0 Å². The summed E-state index contributed by atoms with van der Waals surface area (Å²) in [4.78, 5) is 0. The first-order valence-corrected chi connectivity index (χ1v) is 11.9. The number of benzene rings is 5. The molecule has 1 aliphatic carbocycles. The molecule has 1 heterocycles. The molecular formula is C31H19BrO. The van der Waals surface area contributed by atoms with Gasteiger partial charge < -0.3 is 4.74 Å². The van der Waals surface area contributed by atoms with Crippen LogP contribution in [0.4, 0.5) is 0 Å². The van der Waals surface area contributed by atoms with E-state index in [2.05, 4.69) is 131 Å². The van der Waals surface area contributed by atoms with Crippen molar-refractivity contribution in [3.05, 3.63) is 142 Å². The Labute approximate surface area is 201 Å². The van der Waals surface area contributed by atoms with Crippen LogP contribution < -0.4 is 4.74 Å². The fourth-order valence-electron chi connectivity index (χ4n) is 5.68. The van der Waals surface area contributed by atoms with Crippen LogP contribution in [0.5, 0.6) is 11.5 Å². The van der Waals surface area contributed by atoms with Crippen LogP contribution >= 0.6 is 15.9 Å². The Bertz CT molecular complexity index is 1550. The van der Waals surface area contributed by atoms with Crippen molar-refractivity contribution in [3.63, 3.8) is 0 Å². The molecule has 0 saturated carbocycles. The predicted octanol–water partition coefficient (Wildman–Crippen LogP) is 8.58. The second kappa shape index (κ2) is 6.94. The first-order valence-electron chi connectivity index (χ1n) is 11.1. The Morgan fingerprint density at radius 3 is 2.06 bits per heavy atom. The van der Waals surface area contributed by atoms with Crippen LogP contribution in [0.25, 0.3) is 22.3 Å². The summed E-state index contributed by atoms with van der Waals surface area (Å²) in [7, 11) is 0. The number of para-hydroxylation sites is 1. The van der Waals surface area contributed by atoms with Crippen molar-refractivity contribution in [2.45, 2.75) is 5.41 Å². The van der Waals surface area contributed by atoms with Gasteiger partial charge in [0.2, 0.25) is 0 Å². The Morgan fingerprint density at radius 1 is 0.485 bits per heavy atom. The lowest BCUT2D eigenvalue weighted by molar-refractivity contribution is 0.436. The van der Waals surface area contributed by atoms with Crippen LogP contribution in [0.3, 0.4) is 0 Å². The molecule has 0 radical (unpaired) electrons. The average molecular weight is 487 g/mol. The third-order valence-corrected chi connectivity index (χ3v) is 7.50. The number of halogens is 1. The maximum atomic E-state index is 6.44. The van der Waals surface area contributed by atoms with Gasteiger partial charge in [0.15, 0.2) is 0 Å². The minimum atomic E-state index is -0.440. The Balaban J connectivity index is 1.65. The highest BCUT2D eigenvalue weighted by Gasteiger charge is 2.51. The SMILES string of the molecule is Brc1ccc2c(c1)C1(c3ccccc3O2)c2ccccc2-c2ccc(-c3ccccc3)cc21. The minimum Gasteiger partial charge on any atom is -0.457 e. The molecule has 5 aromatic carbocycles. The van der Waals surface area contributed by atoms with Gasteiger partial charge in [-0.1, -0.05) is 101 Å². The number of hydrogen-bond acceptors (Lipinski definition) is 1. The maximum absolute atomic E-state index is 6.44. The molecule has 7 rings (SSSR count). The third kappa shape index (κ3) is 2.53. The second-order valence-electron chi connectivity index (χ2n) is 8.66. The quantitative estimate of drug-likeness (QED) is 0.225. The van der Waals surface area contributed by atoms with Gasteiger partial charge in [0, 0.05) is 15.6 Å². The smallest absolute Gasteiger partial charge is 0.132 e. The topological polar surface area (TPSA) is 9.23 Å². The summed E-state index contributed by atoms with van der Waals surface area (Å²) >= 11 is 3.74. The Morgan fingerprint density at radius 2 is 1.18 bits per heavy atom. The molecule has 1 unspecified atom stereocenters. The molecule has 1 atom stereocenters. The zero-order valence-corrected chi connectivity index (χ0v) is 19.3. The van der Waals surface area contributed by atoms with E-state index in [1.54, 1.807) is 0 Å². The average Bonchev–Trinajstić information content (AvgIpc) is 3.16. The highest BCUT2D eigenvalue weighted by molar-refractivity contribution is 9.10. The van der Waals surface area contributed by atoms with Crippen LogP contribution in [0, 0.1) is 0 Å². The van der Waals surface area contributed by atoms with Gasteiger partial charge in [0.05, 0.1) is 5.41 Å². The maximum Gasteiger partial charge on any atom is 0.132 e. The van der Waals surface area contributed by atoms with Crippen LogP contribution in [0.1, 0.15) is 22.3 Å². The molecule has 1 aliphatic heterocycles. The van der Waals surface area contributed by atoms with Crippen LogP contribution in [-0.4, -0.2) is 0 Å². The third-order valence-electron chi connectivity index (χ3n) is 7.01. The highest BCUT2D eigenvalue weighted by atomic mass is 79.9. The molecule has 0 aromatic heterocycles. The first-order chi connectivity index (χ1) is 16.3. The Kier molecular flexibility index (Phi) is 3.97. The van der Waals surface area contributed by atoms with Crippen molar-refractivity contribution in [1.29, 1.82) is 0 Å². The normalized spacial score (nSPS) is 17.0. The van der Waals surface area contributed by atoms with Crippen molar-refractivity contribution >= 4 is 15.9 Å². The van der Waals surface area contributed by atoms with E-state index in [-0.39, 0.29) is 0 Å². The summed E-state index contributed by atoms with van der Waals surface area (Å²) in [5, 5.41) is 0. The molecule has 0 bridgehead atoms. The van der Waals surface area contributed by atoms with E-state index in [0.29, 0.717) is 0 Å². The van der Waals surface area contributed by atoms with Gasteiger partial charge in [-0.2, -0.15) is 0 Å². The van der Waals surface area contributed by atoms with Gasteiger partial charge in [-0.25, -0.2) is 0 Å². The molecule has 5 aromatic rings. The molecule has 0 fully saturated rings. The summed E-state index contributed by atoms with van der Waals surface area (Å²) in [5.41, 5.74) is 9.55. The van der Waals surface area contributed by atoms with Crippen LogP contribution in [0.2, 0.25) is 0 Å². The lowest BCUT2D eigenvalue weighted by Gasteiger charge is -2.39. The standard InChI is InChI=1S/C31H19BrO/c32-22-15-17-30-28(19-22)31(26-12-6-7-13-29(26)33-30)25-11-5-4-10-23(25)24-16-14-21(18-27(24)31)20-8-2-1-3-9-20/h1-19H. The fourth-order valence-corrected chi connectivity index (χ4v) is 6.04. The van der Waals surface area contributed by atoms with Gasteiger partial charge in [0.25, 0.3) is 0 Å². The summed E-state index contributed by atoms with van der Waals surface area (Å²) in [6.07, 6.45) is 0. The second-order valence-corrected chi connectivity index (χ2v) is 9.58. The van der Waals surface area contributed by atoms with Gasteiger partial charge in [-0.15, -0.1) is 0 Å². The Hall–Kier alpha value is -3.62. The first kappa shape index (κ1) is 18.9. The van der Waals surface area contributed by atoms with E-state index < -0.39 is 5.41 Å². The molecule has 0 saturated heterocycles. The van der Waals surface area contributed by atoms with Crippen molar-refractivity contribution < 1.29 is 4.74 Å². The minimum absolute atomic E-state index is 0.440. The van der Waals surface area contributed by atoms with E-state index in [9.17, 15) is 0 Å². The van der Waals surface area contributed by atoms with E-state index in [4.69, 9.17) is 4.74 Å².